The zero-order valence-corrected chi connectivity index (χ0v) is 4.61. The number of hydrogen-bond acceptors (Lipinski definition) is 2. The molecule has 0 aliphatic carbocycles. The SMILES string of the molecule is CC[C@H]1COCN1. The summed E-state index contributed by atoms with van der Waals surface area (Å²) in [4.78, 5) is 0. The number of ether oxygens (including phenoxy) is 1. The molecule has 1 rings (SSSR count). The fraction of sp³-hybridized carbons (Fsp3) is 1.00. The molecule has 1 saturated heterocycles. The summed E-state index contributed by atoms with van der Waals surface area (Å²) in [5.41, 5.74) is 0. The molecule has 1 atom stereocenters. The Morgan fingerprint density at radius 2 is 2.71 bits per heavy atom. The van der Waals surface area contributed by atoms with E-state index < -0.39 is 0 Å². The third kappa shape index (κ3) is 1.14. The molecular weight excluding hydrogens is 90.1 g/mol. The largest absolute Gasteiger partial charge is 0.365 e. The summed E-state index contributed by atoms with van der Waals surface area (Å²) in [6.45, 7) is 3.81. The van der Waals surface area contributed by atoms with E-state index in [1.807, 2.05) is 0 Å². The second kappa shape index (κ2) is 2.28. The highest BCUT2D eigenvalue weighted by atomic mass is 16.5. The maximum atomic E-state index is 5.04. The summed E-state index contributed by atoms with van der Waals surface area (Å²) in [6, 6.07) is 0.625. The highest BCUT2D eigenvalue weighted by Crippen LogP contribution is 1.96. The Labute approximate surface area is 43.9 Å². The van der Waals surface area contributed by atoms with E-state index in [0.717, 1.165) is 13.3 Å². The van der Waals surface area contributed by atoms with Crippen LogP contribution in [0.5, 0.6) is 0 Å². The van der Waals surface area contributed by atoms with Gasteiger partial charge in [-0.05, 0) is 6.42 Å². The first kappa shape index (κ1) is 5.06. The first-order valence-corrected chi connectivity index (χ1v) is 2.74. The third-order valence-electron chi connectivity index (χ3n) is 1.29. The van der Waals surface area contributed by atoms with E-state index >= 15 is 0 Å². The van der Waals surface area contributed by atoms with Crippen molar-refractivity contribution in [2.45, 2.75) is 19.4 Å². The summed E-state index contributed by atoms with van der Waals surface area (Å²) in [5.74, 6) is 0. The molecule has 0 aromatic rings. The lowest BCUT2D eigenvalue weighted by Crippen LogP contribution is -2.21. The minimum Gasteiger partial charge on any atom is -0.365 e. The molecule has 0 aromatic heterocycles. The average molecular weight is 101 g/mol. The predicted octanol–water partition coefficient (Wildman–Crippen LogP) is 0.342. The van der Waals surface area contributed by atoms with Gasteiger partial charge in [0.15, 0.2) is 0 Å². The van der Waals surface area contributed by atoms with Gasteiger partial charge in [0, 0.05) is 6.04 Å². The van der Waals surface area contributed by atoms with Crippen molar-refractivity contribution in [2.24, 2.45) is 0 Å². The van der Waals surface area contributed by atoms with Gasteiger partial charge in [0.1, 0.15) is 0 Å². The quantitative estimate of drug-likeness (QED) is 0.514. The van der Waals surface area contributed by atoms with Crippen LogP contribution in [0.3, 0.4) is 0 Å². The second-order valence-electron chi connectivity index (χ2n) is 1.82. The summed E-state index contributed by atoms with van der Waals surface area (Å²) in [5, 5.41) is 3.18. The van der Waals surface area contributed by atoms with Crippen LogP contribution in [-0.4, -0.2) is 19.4 Å². The topological polar surface area (TPSA) is 21.3 Å². The summed E-state index contributed by atoms with van der Waals surface area (Å²) in [7, 11) is 0. The Morgan fingerprint density at radius 1 is 1.86 bits per heavy atom. The molecule has 2 nitrogen and oxygen atoms in total. The van der Waals surface area contributed by atoms with Gasteiger partial charge in [-0.1, -0.05) is 6.92 Å². The lowest BCUT2D eigenvalue weighted by atomic mass is 10.3. The van der Waals surface area contributed by atoms with E-state index in [4.69, 9.17) is 4.74 Å². The maximum absolute atomic E-state index is 5.04. The van der Waals surface area contributed by atoms with Gasteiger partial charge in [-0.15, -0.1) is 0 Å². The Morgan fingerprint density at radius 3 is 3.00 bits per heavy atom. The third-order valence-corrected chi connectivity index (χ3v) is 1.29. The standard InChI is InChI=1S/C5H11NO/c1-2-5-3-7-4-6-5/h5-6H,2-4H2,1H3/t5-/m0/s1. The summed E-state index contributed by atoms with van der Waals surface area (Å²) >= 11 is 0. The molecule has 0 bridgehead atoms. The van der Waals surface area contributed by atoms with Gasteiger partial charge in [-0.25, -0.2) is 0 Å². The van der Waals surface area contributed by atoms with E-state index in [0.29, 0.717) is 6.04 Å². The Balaban J connectivity index is 2.14. The number of nitrogens with one attached hydrogen (secondary N) is 1. The van der Waals surface area contributed by atoms with Crippen molar-refractivity contribution in [3.63, 3.8) is 0 Å². The molecule has 0 unspecified atom stereocenters. The van der Waals surface area contributed by atoms with Crippen LogP contribution in [0, 0.1) is 0 Å². The van der Waals surface area contributed by atoms with Crippen molar-refractivity contribution in [1.29, 1.82) is 0 Å². The fourth-order valence-electron chi connectivity index (χ4n) is 0.699. The van der Waals surface area contributed by atoms with Gasteiger partial charge in [0.05, 0.1) is 13.3 Å². The summed E-state index contributed by atoms with van der Waals surface area (Å²) in [6.07, 6.45) is 1.18. The van der Waals surface area contributed by atoms with Crippen LogP contribution in [0.15, 0.2) is 0 Å². The van der Waals surface area contributed by atoms with Crippen LogP contribution in [0.2, 0.25) is 0 Å². The van der Waals surface area contributed by atoms with Gasteiger partial charge >= 0.3 is 0 Å². The van der Waals surface area contributed by atoms with Crippen LogP contribution < -0.4 is 5.32 Å². The van der Waals surface area contributed by atoms with E-state index in [-0.39, 0.29) is 0 Å². The molecule has 0 aromatic carbocycles. The molecule has 1 aliphatic heterocycles. The Bertz CT molecular complexity index is 50.0. The molecule has 0 spiro atoms. The predicted molar refractivity (Wildman–Crippen MR) is 28.0 cm³/mol. The molecule has 42 valence electrons. The van der Waals surface area contributed by atoms with Crippen LogP contribution in [-0.2, 0) is 4.74 Å². The van der Waals surface area contributed by atoms with E-state index in [1.54, 1.807) is 0 Å². The minimum atomic E-state index is 0.625. The van der Waals surface area contributed by atoms with Crippen molar-refractivity contribution < 1.29 is 4.74 Å². The van der Waals surface area contributed by atoms with Gasteiger partial charge < -0.3 is 4.74 Å². The van der Waals surface area contributed by atoms with Crippen molar-refractivity contribution in [2.75, 3.05) is 13.3 Å². The first-order chi connectivity index (χ1) is 3.43. The van der Waals surface area contributed by atoms with Crippen molar-refractivity contribution in [3.8, 4) is 0 Å². The zero-order chi connectivity index (χ0) is 5.11. The van der Waals surface area contributed by atoms with Crippen LogP contribution in [0.4, 0.5) is 0 Å². The monoisotopic (exact) mass is 101 g/mol. The molecule has 0 radical (unpaired) electrons. The van der Waals surface area contributed by atoms with Crippen molar-refractivity contribution in [1.82, 2.24) is 5.32 Å². The fourth-order valence-corrected chi connectivity index (χ4v) is 0.699. The number of rotatable bonds is 1. The maximum Gasteiger partial charge on any atom is 0.0968 e. The molecule has 0 saturated carbocycles. The Kier molecular flexibility index (Phi) is 1.65. The smallest absolute Gasteiger partial charge is 0.0968 e. The molecular formula is C5H11NO. The van der Waals surface area contributed by atoms with Crippen molar-refractivity contribution >= 4 is 0 Å². The molecule has 2 heteroatoms. The van der Waals surface area contributed by atoms with Crippen molar-refractivity contribution in [3.05, 3.63) is 0 Å². The van der Waals surface area contributed by atoms with E-state index in [2.05, 4.69) is 12.2 Å². The van der Waals surface area contributed by atoms with Gasteiger partial charge in [-0.2, -0.15) is 0 Å². The van der Waals surface area contributed by atoms with E-state index in [9.17, 15) is 0 Å². The molecule has 1 aliphatic rings. The first-order valence-electron chi connectivity index (χ1n) is 2.74. The molecule has 0 amide bonds. The lowest BCUT2D eigenvalue weighted by Gasteiger charge is -1.99. The second-order valence-corrected chi connectivity index (χ2v) is 1.82. The van der Waals surface area contributed by atoms with Crippen LogP contribution in [0.1, 0.15) is 13.3 Å². The Hall–Kier alpha value is -0.0800. The summed E-state index contributed by atoms with van der Waals surface area (Å²) < 4.78 is 5.04. The van der Waals surface area contributed by atoms with E-state index in [1.165, 1.54) is 6.42 Å². The minimum absolute atomic E-state index is 0.625. The lowest BCUT2D eigenvalue weighted by molar-refractivity contribution is 0.189. The molecule has 1 N–H and O–H groups in total. The van der Waals surface area contributed by atoms with Gasteiger partial charge in [0.2, 0.25) is 0 Å². The van der Waals surface area contributed by atoms with Crippen LogP contribution in [0.25, 0.3) is 0 Å². The highest BCUT2D eigenvalue weighted by molar-refractivity contribution is 4.65. The average Bonchev–Trinajstić information content (AvgIpc) is 2.14. The molecule has 1 heterocycles. The normalized spacial score (nSPS) is 31.3. The van der Waals surface area contributed by atoms with Crippen LogP contribution >= 0.6 is 0 Å². The van der Waals surface area contributed by atoms with Gasteiger partial charge in [0.25, 0.3) is 0 Å². The highest BCUT2D eigenvalue weighted by Gasteiger charge is 2.09. The molecule has 1 fully saturated rings. The molecule has 7 heavy (non-hydrogen) atoms. The van der Waals surface area contributed by atoms with Gasteiger partial charge in [-0.3, -0.25) is 5.32 Å². The number of hydrogen-bond donors (Lipinski definition) is 1. The zero-order valence-electron chi connectivity index (χ0n) is 4.61.